The summed E-state index contributed by atoms with van der Waals surface area (Å²) in [5.74, 6) is -0.147. The molecule has 4 aromatic rings. The van der Waals surface area contributed by atoms with Gasteiger partial charge in [-0.1, -0.05) is 30.3 Å². The Hall–Kier alpha value is -4.63. The lowest BCUT2D eigenvalue weighted by atomic mass is 10.0. The molecule has 2 amide bonds. The van der Waals surface area contributed by atoms with E-state index in [0.29, 0.717) is 40.6 Å². The molecule has 1 saturated heterocycles. The summed E-state index contributed by atoms with van der Waals surface area (Å²) in [6.45, 7) is 6.48. The van der Waals surface area contributed by atoms with Crippen LogP contribution in [-0.4, -0.2) is 46.7 Å². The summed E-state index contributed by atoms with van der Waals surface area (Å²) in [5.41, 5.74) is 8.37. The first kappa shape index (κ1) is 32.8. The highest BCUT2D eigenvalue weighted by molar-refractivity contribution is 7.98. The summed E-state index contributed by atoms with van der Waals surface area (Å²) in [5, 5.41) is 15.0. The van der Waals surface area contributed by atoms with Crippen LogP contribution in [0.2, 0.25) is 0 Å². The van der Waals surface area contributed by atoms with Crippen molar-refractivity contribution in [1.82, 2.24) is 10.3 Å². The molecule has 0 radical (unpaired) electrons. The first-order chi connectivity index (χ1) is 22.3. The molecule has 9 heteroatoms. The molecule has 0 aliphatic carbocycles. The topological polar surface area (TPSA) is 112 Å². The van der Waals surface area contributed by atoms with Crippen LogP contribution in [0.4, 0.5) is 11.4 Å². The quantitative estimate of drug-likeness (QED) is 0.141. The van der Waals surface area contributed by atoms with Gasteiger partial charge >= 0.3 is 5.97 Å². The average molecular weight is 637 g/mol. The largest absolute Gasteiger partial charge is 0.481 e. The van der Waals surface area contributed by atoms with Gasteiger partial charge in [-0.25, -0.2) is 0 Å². The van der Waals surface area contributed by atoms with E-state index in [9.17, 15) is 14.4 Å². The number of aromatic nitrogens is 1. The highest BCUT2D eigenvalue weighted by atomic mass is 32.2. The minimum absolute atomic E-state index is 0.102. The molecule has 3 aromatic carbocycles. The molecule has 0 unspecified atom stereocenters. The third kappa shape index (κ3) is 8.75. The van der Waals surface area contributed by atoms with Crippen LogP contribution in [0.15, 0.2) is 79.0 Å². The van der Waals surface area contributed by atoms with Crippen molar-refractivity contribution in [1.29, 1.82) is 0 Å². The van der Waals surface area contributed by atoms with Gasteiger partial charge in [-0.2, -0.15) is 11.8 Å². The van der Waals surface area contributed by atoms with Gasteiger partial charge in [0, 0.05) is 59.7 Å². The van der Waals surface area contributed by atoms with Crippen LogP contribution < -0.4 is 15.5 Å². The van der Waals surface area contributed by atoms with Crippen LogP contribution in [-0.2, 0) is 17.1 Å². The number of anilines is 2. The van der Waals surface area contributed by atoms with Crippen molar-refractivity contribution >= 4 is 40.9 Å². The van der Waals surface area contributed by atoms with Crippen LogP contribution in [0.1, 0.15) is 68.7 Å². The molecule has 3 N–H and O–H groups in total. The number of amides is 2. The molecule has 0 spiro atoms. The average Bonchev–Trinajstić information content (AvgIpc) is 3.07. The van der Waals surface area contributed by atoms with E-state index < -0.39 is 5.97 Å². The second-order valence-electron chi connectivity index (χ2n) is 11.7. The lowest BCUT2D eigenvalue weighted by Gasteiger charge is -2.29. The Morgan fingerprint density at radius 1 is 0.848 bits per heavy atom. The number of carbonyl (C=O) groups is 3. The smallest absolute Gasteiger partial charge is 0.304 e. The number of benzene rings is 3. The van der Waals surface area contributed by atoms with Gasteiger partial charge < -0.3 is 20.6 Å². The van der Waals surface area contributed by atoms with Gasteiger partial charge in [0.25, 0.3) is 11.8 Å². The molecule has 46 heavy (non-hydrogen) atoms. The maximum absolute atomic E-state index is 13.5. The Morgan fingerprint density at radius 2 is 1.65 bits per heavy atom. The van der Waals surface area contributed by atoms with E-state index in [1.165, 1.54) is 29.3 Å². The predicted molar refractivity (Wildman–Crippen MR) is 186 cm³/mol. The first-order valence-electron chi connectivity index (χ1n) is 15.7. The highest BCUT2D eigenvalue weighted by Gasteiger charge is 2.18. The molecule has 1 aliphatic heterocycles. The summed E-state index contributed by atoms with van der Waals surface area (Å²) in [6.07, 6.45) is 5.21. The zero-order valence-corrected chi connectivity index (χ0v) is 27.2. The number of piperidine rings is 1. The van der Waals surface area contributed by atoms with E-state index in [1.807, 2.05) is 36.4 Å². The van der Waals surface area contributed by atoms with Gasteiger partial charge in [-0.15, -0.1) is 0 Å². The number of hydrogen-bond acceptors (Lipinski definition) is 6. The van der Waals surface area contributed by atoms with E-state index in [-0.39, 0.29) is 18.2 Å². The molecule has 0 atom stereocenters. The number of carbonyl (C=O) groups excluding carboxylic acids is 2. The minimum Gasteiger partial charge on any atom is -0.481 e. The number of pyridine rings is 1. The summed E-state index contributed by atoms with van der Waals surface area (Å²) < 4.78 is 0. The van der Waals surface area contributed by atoms with Crippen LogP contribution in [0.25, 0.3) is 11.3 Å². The molecule has 1 aliphatic rings. The zero-order valence-electron chi connectivity index (χ0n) is 26.3. The maximum atomic E-state index is 13.5. The fourth-order valence-corrected chi connectivity index (χ4v) is 6.34. The van der Waals surface area contributed by atoms with E-state index in [2.05, 4.69) is 52.6 Å². The van der Waals surface area contributed by atoms with E-state index in [1.54, 1.807) is 24.4 Å². The van der Waals surface area contributed by atoms with E-state index in [0.717, 1.165) is 48.3 Å². The Bertz CT molecular complexity index is 1720. The standard InChI is InChI=1S/C37H40N4O4S/c1-25-9-10-27(19-26(25)2)23-39-36(44)30-13-15-38-34(21-30)32-22-31(41-16-4-3-5-17-41)11-12-33(32)40-37(45)29-8-6-7-28(20-29)24-46-18-14-35(42)43/h6-13,15,19-22H,3-5,14,16-18,23-24H2,1-2H3,(H,39,44)(H,40,45)(H,42,43). The number of aryl methyl sites for hydroxylation is 2. The number of carboxylic acid groups (broad SMARTS) is 1. The lowest BCUT2D eigenvalue weighted by Crippen LogP contribution is -2.29. The number of hydrogen-bond donors (Lipinski definition) is 3. The Labute approximate surface area is 274 Å². The number of thioether (sulfide) groups is 1. The molecular formula is C37H40N4O4S. The van der Waals surface area contributed by atoms with Crippen molar-refractivity contribution in [2.45, 2.75) is 51.8 Å². The fourth-order valence-electron chi connectivity index (χ4n) is 5.47. The molecular weight excluding hydrogens is 596 g/mol. The second-order valence-corrected chi connectivity index (χ2v) is 12.8. The molecule has 0 bridgehead atoms. The third-order valence-electron chi connectivity index (χ3n) is 8.21. The van der Waals surface area contributed by atoms with Crippen LogP contribution in [0.3, 0.4) is 0 Å². The second kappa shape index (κ2) is 15.6. The van der Waals surface area contributed by atoms with Crippen LogP contribution >= 0.6 is 11.8 Å². The molecule has 0 saturated carbocycles. The number of nitrogens with one attached hydrogen (secondary N) is 2. The molecule has 2 heterocycles. The predicted octanol–water partition coefficient (Wildman–Crippen LogP) is 7.25. The Balaban J connectivity index is 1.37. The summed E-state index contributed by atoms with van der Waals surface area (Å²) in [7, 11) is 0. The highest BCUT2D eigenvalue weighted by Crippen LogP contribution is 2.33. The summed E-state index contributed by atoms with van der Waals surface area (Å²) in [4.78, 5) is 44.5. The van der Waals surface area contributed by atoms with E-state index >= 15 is 0 Å². The fraction of sp³-hybridized carbons (Fsp3) is 0.297. The van der Waals surface area contributed by atoms with Crippen molar-refractivity contribution in [3.05, 3.63) is 112 Å². The van der Waals surface area contributed by atoms with Crippen LogP contribution in [0, 0.1) is 13.8 Å². The van der Waals surface area contributed by atoms with Crippen molar-refractivity contribution in [3.63, 3.8) is 0 Å². The molecule has 5 rings (SSSR count). The summed E-state index contributed by atoms with van der Waals surface area (Å²) in [6, 6.07) is 23.0. The van der Waals surface area contributed by atoms with Crippen molar-refractivity contribution in [3.8, 4) is 11.3 Å². The number of nitrogens with zero attached hydrogens (tertiary/aromatic N) is 2. The third-order valence-corrected chi connectivity index (χ3v) is 9.24. The number of rotatable bonds is 12. The van der Waals surface area contributed by atoms with Gasteiger partial charge in [-0.3, -0.25) is 19.4 Å². The van der Waals surface area contributed by atoms with Gasteiger partial charge in [0.15, 0.2) is 0 Å². The van der Waals surface area contributed by atoms with E-state index in [4.69, 9.17) is 5.11 Å². The van der Waals surface area contributed by atoms with Gasteiger partial charge in [0.05, 0.1) is 17.8 Å². The van der Waals surface area contributed by atoms with Gasteiger partial charge in [0.2, 0.25) is 0 Å². The number of carboxylic acids is 1. The first-order valence-corrected chi connectivity index (χ1v) is 16.8. The van der Waals surface area contributed by atoms with Crippen LogP contribution in [0.5, 0.6) is 0 Å². The van der Waals surface area contributed by atoms with Crippen molar-refractivity contribution in [2.24, 2.45) is 0 Å². The van der Waals surface area contributed by atoms with Gasteiger partial charge in [-0.05, 0) is 97.8 Å². The van der Waals surface area contributed by atoms with Crippen molar-refractivity contribution < 1.29 is 19.5 Å². The maximum Gasteiger partial charge on any atom is 0.304 e. The Morgan fingerprint density at radius 3 is 2.43 bits per heavy atom. The summed E-state index contributed by atoms with van der Waals surface area (Å²) >= 11 is 1.52. The normalized spacial score (nSPS) is 12.9. The van der Waals surface area contributed by atoms with Gasteiger partial charge in [0.1, 0.15) is 0 Å². The van der Waals surface area contributed by atoms with Crippen molar-refractivity contribution in [2.75, 3.05) is 29.1 Å². The lowest BCUT2D eigenvalue weighted by molar-refractivity contribution is -0.136. The minimum atomic E-state index is -0.819. The molecule has 1 aromatic heterocycles. The molecule has 1 fully saturated rings. The monoisotopic (exact) mass is 636 g/mol. The Kier molecular flexibility index (Phi) is 11.1. The molecule has 238 valence electrons. The SMILES string of the molecule is Cc1ccc(CNC(=O)c2ccnc(-c3cc(N4CCCCC4)ccc3NC(=O)c3cccc(CSCCC(=O)O)c3)c2)cc1C. The zero-order chi connectivity index (χ0) is 32.5. The molecule has 8 nitrogen and oxygen atoms in total. The number of aliphatic carboxylic acids is 1.